The summed E-state index contributed by atoms with van der Waals surface area (Å²) >= 11 is 3.45. The first-order valence-electron chi connectivity index (χ1n) is 8.30. The number of hydrogen-bond acceptors (Lipinski definition) is 4. The summed E-state index contributed by atoms with van der Waals surface area (Å²) in [5, 5.41) is 6.11. The second-order valence-electron chi connectivity index (χ2n) is 6.84. The predicted octanol–water partition coefficient (Wildman–Crippen LogP) is 3.94. The molecule has 0 saturated carbocycles. The van der Waals surface area contributed by atoms with Crippen LogP contribution < -0.4 is 0 Å². The Kier molecular flexibility index (Phi) is 4.26. The van der Waals surface area contributed by atoms with Gasteiger partial charge in [0.1, 0.15) is 0 Å². The molecule has 5 heteroatoms. The summed E-state index contributed by atoms with van der Waals surface area (Å²) in [6.45, 7) is 5.34. The summed E-state index contributed by atoms with van der Waals surface area (Å²) in [7, 11) is 0. The molecule has 0 bridgehead atoms. The molecule has 1 amide bonds. The van der Waals surface area contributed by atoms with Crippen LogP contribution in [-0.2, 0) is 6.54 Å². The lowest BCUT2D eigenvalue weighted by molar-refractivity contribution is 0.0588. The van der Waals surface area contributed by atoms with Crippen LogP contribution in [0.15, 0.2) is 34.3 Å². The second-order valence-corrected chi connectivity index (χ2v) is 8.66. The van der Waals surface area contributed by atoms with E-state index in [1.807, 2.05) is 28.2 Å². The molecule has 3 nitrogen and oxygen atoms in total. The molecule has 4 heterocycles. The lowest BCUT2D eigenvalue weighted by Gasteiger charge is -2.39. The average Bonchev–Trinajstić information content (AvgIpc) is 3.31. The number of nitrogens with zero attached hydrogens (tertiary/aromatic N) is 2. The van der Waals surface area contributed by atoms with Gasteiger partial charge in [-0.25, -0.2) is 0 Å². The molecule has 0 atom stereocenters. The van der Waals surface area contributed by atoms with Gasteiger partial charge in [-0.3, -0.25) is 9.69 Å². The van der Waals surface area contributed by atoms with Crippen LogP contribution in [0.2, 0.25) is 0 Å². The highest BCUT2D eigenvalue weighted by Gasteiger charge is 2.41. The highest BCUT2D eigenvalue weighted by molar-refractivity contribution is 7.09. The van der Waals surface area contributed by atoms with Crippen molar-refractivity contribution in [2.24, 2.45) is 5.41 Å². The van der Waals surface area contributed by atoms with Gasteiger partial charge in [0.2, 0.25) is 0 Å². The SMILES string of the molecule is O=C(c1ccsc1)N1CCC2(CCN(Cc3cccs3)C2)CC1. The molecular weight excluding hydrogens is 324 g/mol. The summed E-state index contributed by atoms with van der Waals surface area (Å²) in [4.78, 5) is 18.6. The monoisotopic (exact) mass is 346 g/mol. The lowest BCUT2D eigenvalue weighted by atomic mass is 9.77. The van der Waals surface area contributed by atoms with E-state index in [1.54, 1.807) is 11.3 Å². The van der Waals surface area contributed by atoms with Gasteiger partial charge in [-0.05, 0) is 54.1 Å². The van der Waals surface area contributed by atoms with Gasteiger partial charge in [0, 0.05) is 36.4 Å². The number of carbonyl (C=O) groups is 1. The van der Waals surface area contributed by atoms with Crippen molar-refractivity contribution in [1.29, 1.82) is 0 Å². The van der Waals surface area contributed by atoms with Crippen molar-refractivity contribution in [3.05, 3.63) is 44.8 Å². The number of likely N-dealkylation sites (tertiary alicyclic amines) is 2. The van der Waals surface area contributed by atoms with Crippen molar-refractivity contribution in [2.75, 3.05) is 26.2 Å². The minimum Gasteiger partial charge on any atom is -0.339 e. The van der Waals surface area contributed by atoms with Gasteiger partial charge in [0.25, 0.3) is 5.91 Å². The highest BCUT2D eigenvalue weighted by atomic mass is 32.1. The average molecular weight is 347 g/mol. The van der Waals surface area contributed by atoms with Crippen LogP contribution in [0.3, 0.4) is 0 Å². The van der Waals surface area contributed by atoms with Crippen molar-refractivity contribution in [1.82, 2.24) is 9.80 Å². The van der Waals surface area contributed by atoms with Crippen molar-refractivity contribution < 1.29 is 4.79 Å². The third-order valence-corrected chi connectivity index (χ3v) is 6.90. The molecule has 23 heavy (non-hydrogen) atoms. The van der Waals surface area contributed by atoms with Gasteiger partial charge in [0.05, 0.1) is 5.56 Å². The predicted molar refractivity (Wildman–Crippen MR) is 96.1 cm³/mol. The Morgan fingerprint density at radius 3 is 2.65 bits per heavy atom. The van der Waals surface area contributed by atoms with E-state index < -0.39 is 0 Å². The van der Waals surface area contributed by atoms with Crippen LogP contribution in [-0.4, -0.2) is 41.9 Å². The lowest BCUT2D eigenvalue weighted by Crippen LogP contribution is -2.44. The summed E-state index contributed by atoms with van der Waals surface area (Å²) < 4.78 is 0. The highest BCUT2D eigenvalue weighted by Crippen LogP contribution is 2.41. The molecule has 1 spiro atoms. The molecule has 0 aromatic carbocycles. The number of thiophene rings is 2. The van der Waals surface area contributed by atoms with Crippen molar-refractivity contribution >= 4 is 28.6 Å². The molecule has 0 aliphatic carbocycles. The third kappa shape index (κ3) is 3.23. The number of hydrogen-bond donors (Lipinski definition) is 0. The van der Waals surface area contributed by atoms with E-state index >= 15 is 0 Å². The number of piperidine rings is 1. The van der Waals surface area contributed by atoms with Crippen LogP contribution in [0.1, 0.15) is 34.5 Å². The molecule has 0 unspecified atom stereocenters. The molecule has 4 rings (SSSR count). The molecule has 2 saturated heterocycles. The second kappa shape index (κ2) is 6.38. The molecule has 2 aliphatic heterocycles. The maximum atomic E-state index is 12.5. The van der Waals surface area contributed by atoms with E-state index in [4.69, 9.17) is 0 Å². The minimum atomic E-state index is 0.217. The van der Waals surface area contributed by atoms with E-state index in [1.165, 1.54) is 24.4 Å². The summed E-state index contributed by atoms with van der Waals surface area (Å²) in [6, 6.07) is 6.31. The Bertz CT molecular complexity index is 643. The van der Waals surface area contributed by atoms with Gasteiger partial charge in [-0.1, -0.05) is 6.07 Å². The molecule has 0 N–H and O–H groups in total. The Morgan fingerprint density at radius 1 is 1.13 bits per heavy atom. The largest absolute Gasteiger partial charge is 0.339 e. The van der Waals surface area contributed by atoms with E-state index in [9.17, 15) is 4.79 Å². The van der Waals surface area contributed by atoms with Gasteiger partial charge in [0.15, 0.2) is 0 Å². The number of amides is 1. The Balaban J connectivity index is 1.33. The Morgan fingerprint density at radius 2 is 1.96 bits per heavy atom. The molecule has 0 radical (unpaired) electrons. The molecule has 122 valence electrons. The maximum Gasteiger partial charge on any atom is 0.254 e. The molecule has 2 fully saturated rings. The first kappa shape index (κ1) is 15.4. The normalized spacial score (nSPS) is 21.1. The fourth-order valence-corrected chi connectivity index (χ4v) is 5.32. The smallest absolute Gasteiger partial charge is 0.254 e. The van der Waals surface area contributed by atoms with Crippen LogP contribution in [0.4, 0.5) is 0 Å². The molecular formula is C18H22N2OS2. The van der Waals surface area contributed by atoms with Crippen molar-refractivity contribution in [3.8, 4) is 0 Å². The Hall–Kier alpha value is -1.17. The standard InChI is InChI=1S/C18H22N2OS2/c21-17(15-3-11-22-13-15)20-8-5-18(6-9-20)4-7-19(14-18)12-16-2-1-10-23-16/h1-3,10-11,13H,4-9,12,14H2. The summed E-state index contributed by atoms with van der Waals surface area (Å²) in [6.07, 6.45) is 3.60. The third-order valence-electron chi connectivity index (χ3n) is 5.36. The van der Waals surface area contributed by atoms with Crippen LogP contribution in [0.25, 0.3) is 0 Å². The van der Waals surface area contributed by atoms with E-state index in [0.29, 0.717) is 5.41 Å². The zero-order valence-corrected chi connectivity index (χ0v) is 14.9. The fourth-order valence-electron chi connectivity index (χ4n) is 3.95. The molecule has 2 aromatic rings. The number of carbonyl (C=O) groups excluding carboxylic acids is 1. The minimum absolute atomic E-state index is 0.217. The van der Waals surface area contributed by atoms with Gasteiger partial charge in [-0.15, -0.1) is 11.3 Å². The summed E-state index contributed by atoms with van der Waals surface area (Å²) in [5.74, 6) is 0.217. The zero-order chi connectivity index (χ0) is 15.7. The molecule has 2 aromatic heterocycles. The van der Waals surface area contributed by atoms with E-state index in [0.717, 1.165) is 38.0 Å². The van der Waals surface area contributed by atoms with Crippen LogP contribution in [0.5, 0.6) is 0 Å². The maximum absolute atomic E-state index is 12.5. The van der Waals surface area contributed by atoms with Crippen molar-refractivity contribution in [3.63, 3.8) is 0 Å². The number of rotatable bonds is 3. The zero-order valence-electron chi connectivity index (χ0n) is 13.2. The topological polar surface area (TPSA) is 23.6 Å². The van der Waals surface area contributed by atoms with E-state index in [-0.39, 0.29) is 5.91 Å². The first-order chi connectivity index (χ1) is 11.2. The van der Waals surface area contributed by atoms with Gasteiger partial charge in [-0.2, -0.15) is 11.3 Å². The van der Waals surface area contributed by atoms with Crippen molar-refractivity contribution in [2.45, 2.75) is 25.8 Å². The van der Waals surface area contributed by atoms with Crippen LogP contribution in [0, 0.1) is 5.41 Å². The molecule has 2 aliphatic rings. The quantitative estimate of drug-likeness (QED) is 0.840. The Labute approximate surface area is 145 Å². The van der Waals surface area contributed by atoms with Gasteiger partial charge < -0.3 is 4.90 Å². The fraction of sp³-hybridized carbons (Fsp3) is 0.500. The van der Waals surface area contributed by atoms with Gasteiger partial charge >= 0.3 is 0 Å². The summed E-state index contributed by atoms with van der Waals surface area (Å²) in [5.41, 5.74) is 1.31. The van der Waals surface area contributed by atoms with Crippen LogP contribution >= 0.6 is 22.7 Å². The first-order valence-corrected chi connectivity index (χ1v) is 10.1. The van der Waals surface area contributed by atoms with E-state index in [2.05, 4.69) is 27.3 Å².